The second-order valence-electron chi connectivity index (χ2n) is 6.81. The predicted molar refractivity (Wildman–Crippen MR) is 100 cm³/mol. The SMILES string of the molecule is C[C@H](Oc1ccc(-c2cc(-c3ccc4nc[nH]c4c3)[nH]n2)cc1C(F)(F)F)C(F)(F)F. The number of aromatic nitrogens is 4. The molecule has 31 heavy (non-hydrogen) atoms. The molecule has 0 unspecified atom stereocenters. The van der Waals surface area contributed by atoms with Crippen molar-refractivity contribution in [2.24, 2.45) is 0 Å². The highest BCUT2D eigenvalue weighted by Gasteiger charge is 2.41. The first kappa shape index (κ1) is 20.8. The minimum atomic E-state index is -4.92. The summed E-state index contributed by atoms with van der Waals surface area (Å²) in [6.45, 7) is 0.643. The van der Waals surface area contributed by atoms with Gasteiger partial charge in [-0.1, -0.05) is 6.07 Å². The van der Waals surface area contributed by atoms with E-state index in [0.29, 0.717) is 12.6 Å². The van der Waals surface area contributed by atoms with Crippen LogP contribution in [0.25, 0.3) is 33.5 Å². The molecule has 2 N–H and O–H groups in total. The molecule has 4 aromatic rings. The number of hydrogen-bond acceptors (Lipinski definition) is 3. The third-order valence-electron chi connectivity index (χ3n) is 4.65. The van der Waals surface area contributed by atoms with Crippen molar-refractivity contribution in [3.05, 3.63) is 54.4 Å². The van der Waals surface area contributed by atoms with E-state index in [-0.39, 0.29) is 11.3 Å². The molecule has 0 bridgehead atoms. The van der Waals surface area contributed by atoms with Crippen molar-refractivity contribution < 1.29 is 31.1 Å². The summed E-state index contributed by atoms with van der Waals surface area (Å²) >= 11 is 0. The zero-order chi connectivity index (χ0) is 22.4. The van der Waals surface area contributed by atoms with Gasteiger partial charge in [0.1, 0.15) is 5.75 Å². The Morgan fingerprint density at radius 1 is 0.935 bits per heavy atom. The highest BCUT2D eigenvalue weighted by atomic mass is 19.4. The highest BCUT2D eigenvalue weighted by molar-refractivity contribution is 5.81. The van der Waals surface area contributed by atoms with E-state index in [4.69, 9.17) is 0 Å². The van der Waals surface area contributed by atoms with Gasteiger partial charge in [-0.3, -0.25) is 5.10 Å². The number of nitrogens with zero attached hydrogens (tertiary/aromatic N) is 2. The molecule has 0 spiro atoms. The Labute approximate surface area is 171 Å². The molecule has 162 valence electrons. The van der Waals surface area contributed by atoms with Crippen LogP contribution >= 0.6 is 0 Å². The van der Waals surface area contributed by atoms with E-state index in [1.165, 1.54) is 12.4 Å². The van der Waals surface area contributed by atoms with Crippen LogP contribution in [0.1, 0.15) is 12.5 Å². The first-order valence-electron chi connectivity index (χ1n) is 8.96. The van der Waals surface area contributed by atoms with E-state index in [0.717, 1.165) is 28.7 Å². The van der Waals surface area contributed by atoms with Gasteiger partial charge in [-0.2, -0.15) is 31.4 Å². The maximum atomic E-state index is 13.5. The standard InChI is InChI=1S/C20H14F6N4O/c1-10(19(21,22)23)31-18-5-3-11(6-13(18)20(24,25)26)15-8-16(30-29-15)12-2-4-14-17(7-12)28-9-27-14/h2-10H,1H3,(H,27,28)(H,29,30)/t10-/m0/s1. The van der Waals surface area contributed by atoms with Crippen molar-refractivity contribution in [2.75, 3.05) is 0 Å². The molecule has 2 heterocycles. The van der Waals surface area contributed by atoms with Crippen molar-refractivity contribution in [3.8, 4) is 28.3 Å². The van der Waals surface area contributed by atoms with Gasteiger partial charge in [0.2, 0.25) is 0 Å². The van der Waals surface area contributed by atoms with Gasteiger partial charge in [0.15, 0.2) is 6.10 Å². The Kier molecular flexibility index (Phi) is 4.91. The van der Waals surface area contributed by atoms with Gasteiger partial charge in [0.25, 0.3) is 0 Å². The minimum absolute atomic E-state index is 0.0736. The zero-order valence-corrected chi connectivity index (χ0v) is 15.8. The van der Waals surface area contributed by atoms with Crippen LogP contribution in [0, 0.1) is 0 Å². The molecular weight excluding hydrogens is 426 g/mol. The van der Waals surface area contributed by atoms with E-state index in [1.54, 1.807) is 24.3 Å². The van der Waals surface area contributed by atoms with E-state index >= 15 is 0 Å². The summed E-state index contributed by atoms with van der Waals surface area (Å²) in [6.07, 6.45) is -10.6. The van der Waals surface area contributed by atoms with Gasteiger partial charge in [0, 0.05) is 11.1 Å². The van der Waals surface area contributed by atoms with Crippen LogP contribution < -0.4 is 4.74 Å². The van der Waals surface area contributed by atoms with Gasteiger partial charge in [0.05, 0.1) is 34.3 Å². The molecule has 0 saturated heterocycles. The lowest BCUT2D eigenvalue weighted by Crippen LogP contribution is -2.31. The Hall–Kier alpha value is -3.50. The predicted octanol–water partition coefficient (Wildman–Crippen LogP) is 5.97. The summed E-state index contributed by atoms with van der Waals surface area (Å²) in [7, 11) is 0. The number of hydrogen-bond donors (Lipinski definition) is 2. The van der Waals surface area contributed by atoms with Crippen molar-refractivity contribution in [2.45, 2.75) is 25.4 Å². The van der Waals surface area contributed by atoms with Crippen molar-refractivity contribution in [1.82, 2.24) is 20.2 Å². The lowest BCUT2D eigenvalue weighted by molar-refractivity contribution is -0.191. The molecule has 4 rings (SSSR count). The molecule has 0 aliphatic rings. The third kappa shape index (κ3) is 4.21. The number of benzene rings is 2. The molecule has 0 aliphatic heterocycles. The van der Waals surface area contributed by atoms with E-state index < -0.39 is 29.8 Å². The second-order valence-corrected chi connectivity index (χ2v) is 6.81. The molecule has 0 radical (unpaired) electrons. The summed E-state index contributed by atoms with van der Waals surface area (Å²) in [5.74, 6) is -0.901. The second kappa shape index (κ2) is 7.33. The number of rotatable bonds is 4. The maximum Gasteiger partial charge on any atom is 0.425 e. The molecule has 0 aliphatic carbocycles. The number of nitrogens with one attached hydrogen (secondary N) is 2. The number of aromatic amines is 2. The topological polar surface area (TPSA) is 66.6 Å². The van der Waals surface area contributed by atoms with Crippen LogP contribution in [0.3, 0.4) is 0 Å². The normalized spacial score (nSPS) is 13.5. The van der Waals surface area contributed by atoms with Crippen LogP contribution in [-0.2, 0) is 6.18 Å². The van der Waals surface area contributed by atoms with Gasteiger partial charge in [-0.15, -0.1) is 0 Å². The number of H-pyrrole nitrogens is 2. The quantitative estimate of drug-likeness (QED) is 0.385. The van der Waals surface area contributed by atoms with Gasteiger partial charge < -0.3 is 9.72 Å². The molecule has 2 aromatic heterocycles. The Morgan fingerprint density at radius 3 is 2.39 bits per heavy atom. The molecule has 0 amide bonds. The van der Waals surface area contributed by atoms with Gasteiger partial charge in [-0.05, 0) is 43.3 Å². The Bertz CT molecular complexity index is 1220. The fourth-order valence-corrected chi connectivity index (χ4v) is 2.99. The zero-order valence-electron chi connectivity index (χ0n) is 15.8. The molecule has 5 nitrogen and oxygen atoms in total. The molecule has 1 atom stereocenters. The number of fused-ring (bicyclic) bond motifs is 1. The van der Waals surface area contributed by atoms with Crippen LogP contribution in [0.4, 0.5) is 26.3 Å². The van der Waals surface area contributed by atoms with E-state index in [1.807, 2.05) is 0 Å². The molecule has 0 fully saturated rings. The monoisotopic (exact) mass is 440 g/mol. The number of halogens is 6. The fourth-order valence-electron chi connectivity index (χ4n) is 2.99. The van der Waals surface area contributed by atoms with Crippen molar-refractivity contribution >= 4 is 11.0 Å². The first-order chi connectivity index (χ1) is 14.5. The molecule has 0 saturated carbocycles. The fraction of sp³-hybridized carbons (Fsp3) is 0.200. The summed E-state index contributed by atoms with van der Waals surface area (Å²) in [6, 6.07) is 9.71. The average Bonchev–Trinajstić information content (AvgIpc) is 3.35. The molecular formula is C20H14F6N4O. The first-order valence-corrected chi connectivity index (χ1v) is 8.96. The van der Waals surface area contributed by atoms with Gasteiger partial charge in [-0.25, -0.2) is 4.98 Å². The van der Waals surface area contributed by atoms with Crippen LogP contribution in [0.15, 0.2) is 48.8 Å². The largest absolute Gasteiger partial charge is 0.481 e. The van der Waals surface area contributed by atoms with E-state index in [2.05, 4.69) is 24.9 Å². The third-order valence-corrected chi connectivity index (χ3v) is 4.65. The van der Waals surface area contributed by atoms with Crippen LogP contribution in [0.2, 0.25) is 0 Å². The summed E-state index contributed by atoms with van der Waals surface area (Å²) < 4.78 is 83.2. The van der Waals surface area contributed by atoms with Crippen molar-refractivity contribution in [1.29, 1.82) is 0 Å². The number of alkyl halides is 6. The molecule has 2 aromatic carbocycles. The molecule has 11 heteroatoms. The van der Waals surface area contributed by atoms with Crippen LogP contribution in [0.5, 0.6) is 5.75 Å². The average molecular weight is 440 g/mol. The number of imidazole rings is 1. The Morgan fingerprint density at radius 2 is 1.68 bits per heavy atom. The smallest absolute Gasteiger partial charge is 0.425 e. The lowest BCUT2D eigenvalue weighted by atomic mass is 10.0. The minimum Gasteiger partial charge on any atom is -0.481 e. The highest BCUT2D eigenvalue weighted by Crippen LogP contribution is 2.40. The lowest BCUT2D eigenvalue weighted by Gasteiger charge is -2.21. The summed E-state index contributed by atoms with van der Waals surface area (Å²) in [4.78, 5) is 7.07. The van der Waals surface area contributed by atoms with Gasteiger partial charge >= 0.3 is 12.4 Å². The Balaban J connectivity index is 1.68. The van der Waals surface area contributed by atoms with Crippen molar-refractivity contribution in [3.63, 3.8) is 0 Å². The summed E-state index contributed by atoms with van der Waals surface area (Å²) in [5.41, 5.74) is 1.75. The maximum absolute atomic E-state index is 13.5. The summed E-state index contributed by atoms with van der Waals surface area (Å²) in [5, 5.41) is 6.80. The number of ether oxygens (including phenoxy) is 1. The van der Waals surface area contributed by atoms with Crippen LogP contribution in [-0.4, -0.2) is 32.4 Å². The van der Waals surface area contributed by atoms with E-state index in [9.17, 15) is 26.3 Å².